The smallest absolute Gasteiger partial charge is 0.131 e. The molecule has 1 aliphatic rings. The van der Waals surface area contributed by atoms with Crippen molar-refractivity contribution in [3.63, 3.8) is 0 Å². The molecule has 1 fully saturated rings. The molecule has 0 saturated heterocycles. The van der Waals surface area contributed by atoms with Gasteiger partial charge in [-0.15, -0.1) is 0 Å². The number of hydrogen-bond acceptors (Lipinski definition) is 3. The van der Waals surface area contributed by atoms with E-state index in [-0.39, 0.29) is 0 Å². The molecular weight excluding hydrogens is 222 g/mol. The molecule has 0 aromatic carbocycles. The lowest BCUT2D eigenvalue weighted by atomic mass is 9.73. The van der Waals surface area contributed by atoms with E-state index in [0.717, 1.165) is 30.0 Å². The molecule has 1 aromatic heterocycles. The topological polar surface area (TPSA) is 51.8 Å². The van der Waals surface area contributed by atoms with Gasteiger partial charge in [0, 0.05) is 5.92 Å². The van der Waals surface area contributed by atoms with Crippen molar-refractivity contribution in [1.82, 2.24) is 9.97 Å². The number of nitrogens with zero attached hydrogens (tertiary/aromatic N) is 2. The number of nitrogen functional groups attached to an aromatic ring is 1. The first-order valence-electron chi connectivity index (χ1n) is 7.13. The summed E-state index contributed by atoms with van der Waals surface area (Å²) in [6, 6.07) is 0. The van der Waals surface area contributed by atoms with E-state index in [1.165, 1.54) is 25.7 Å². The van der Waals surface area contributed by atoms with Crippen LogP contribution in [0.4, 0.5) is 5.69 Å². The molecule has 100 valence electrons. The summed E-state index contributed by atoms with van der Waals surface area (Å²) in [7, 11) is 0. The van der Waals surface area contributed by atoms with Crippen LogP contribution < -0.4 is 5.73 Å². The average Bonchev–Trinajstić information content (AvgIpc) is 2.32. The molecule has 0 spiro atoms. The van der Waals surface area contributed by atoms with Crippen LogP contribution in [0.15, 0.2) is 6.20 Å². The van der Waals surface area contributed by atoms with E-state index in [1.807, 2.05) is 0 Å². The number of anilines is 1. The van der Waals surface area contributed by atoms with Gasteiger partial charge in [-0.25, -0.2) is 9.97 Å². The second kappa shape index (κ2) is 5.25. The van der Waals surface area contributed by atoms with E-state index in [0.29, 0.717) is 11.3 Å². The fourth-order valence-electron chi connectivity index (χ4n) is 2.73. The van der Waals surface area contributed by atoms with Crippen LogP contribution in [-0.2, 0) is 6.42 Å². The van der Waals surface area contributed by atoms with Gasteiger partial charge in [-0.3, -0.25) is 0 Å². The van der Waals surface area contributed by atoms with Gasteiger partial charge in [-0.05, 0) is 37.5 Å². The second-order valence-corrected chi connectivity index (χ2v) is 6.32. The summed E-state index contributed by atoms with van der Waals surface area (Å²) in [5.41, 5.74) is 8.20. The second-order valence-electron chi connectivity index (χ2n) is 6.32. The zero-order valence-corrected chi connectivity index (χ0v) is 11.9. The molecule has 0 bridgehead atoms. The van der Waals surface area contributed by atoms with E-state index in [4.69, 9.17) is 10.7 Å². The maximum absolute atomic E-state index is 5.92. The predicted molar refractivity (Wildman–Crippen MR) is 75.4 cm³/mol. The predicted octanol–water partition coefficient (Wildman–Crippen LogP) is 3.70. The van der Waals surface area contributed by atoms with Gasteiger partial charge in [0.1, 0.15) is 5.82 Å². The normalized spacial score (nSPS) is 19.9. The molecule has 0 aliphatic heterocycles. The molecule has 18 heavy (non-hydrogen) atoms. The summed E-state index contributed by atoms with van der Waals surface area (Å²) >= 11 is 0. The quantitative estimate of drug-likeness (QED) is 0.886. The Hall–Kier alpha value is -1.12. The van der Waals surface area contributed by atoms with Gasteiger partial charge in [0.05, 0.1) is 17.6 Å². The van der Waals surface area contributed by atoms with Gasteiger partial charge >= 0.3 is 0 Å². The zero-order valence-electron chi connectivity index (χ0n) is 11.9. The highest BCUT2D eigenvalue weighted by atomic mass is 14.9. The van der Waals surface area contributed by atoms with Gasteiger partial charge < -0.3 is 5.73 Å². The Morgan fingerprint density at radius 1 is 1.33 bits per heavy atom. The number of rotatable bonds is 3. The fraction of sp³-hybridized carbons (Fsp3) is 0.733. The summed E-state index contributed by atoms with van der Waals surface area (Å²) in [6.07, 6.45) is 8.80. The first-order chi connectivity index (χ1) is 8.52. The van der Waals surface area contributed by atoms with Crippen LogP contribution in [0, 0.1) is 5.41 Å². The standard InChI is InChI=1S/C15H25N3/c1-4-5-13-12(16)10-17-14(18-13)11-6-8-15(2,3)9-7-11/h10-11H,4-9,16H2,1-3H3. The Labute approximate surface area is 110 Å². The van der Waals surface area contributed by atoms with Crippen LogP contribution >= 0.6 is 0 Å². The van der Waals surface area contributed by atoms with Crippen molar-refractivity contribution in [2.45, 2.75) is 65.2 Å². The summed E-state index contributed by atoms with van der Waals surface area (Å²) in [4.78, 5) is 9.15. The highest BCUT2D eigenvalue weighted by Gasteiger charge is 2.29. The first kappa shape index (κ1) is 13.3. The molecule has 2 N–H and O–H groups in total. The van der Waals surface area contributed by atoms with E-state index in [1.54, 1.807) is 6.20 Å². The van der Waals surface area contributed by atoms with Crippen LogP contribution in [0.25, 0.3) is 0 Å². The number of aryl methyl sites for hydroxylation is 1. The van der Waals surface area contributed by atoms with Crippen molar-refractivity contribution in [2.75, 3.05) is 5.73 Å². The van der Waals surface area contributed by atoms with Crippen molar-refractivity contribution in [3.05, 3.63) is 17.7 Å². The lowest BCUT2D eigenvalue weighted by Crippen LogP contribution is -2.21. The Morgan fingerprint density at radius 2 is 2.00 bits per heavy atom. The molecule has 3 nitrogen and oxygen atoms in total. The van der Waals surface area contributed by atoms with Crippen molar-refractivity contribution in [3.8, 4) is 0 Å². The number of nitrogens with two attached hydrogens (primary N) is 1. The molecule has 0 radical (unpaired) electrons. The maximum atomic E-state index is 5.92. The Bertz CT molecular complexity index is 402. The van der Waals surface area contributed by atoms with E-state index in [2.05, 4.69) is 25.8 Å². The van der Waals surface area contributed by atoms with Gasteiger partial charge in [0.25, 0.3) is 0 Å². The molecule has 0 unspecified atom stereocenters. The van der Waals surface area contributed by atoms with Gasteiger partial charge in [-0.1, -0.05) is 27.2 Å². The van der Waals surface area contributed by atoms with Crippen LogP contribution in [0.5, 0.6) is 0 Å². The largest absolute Gasteiger partial charge is 0.396 e. The summed E-state index contributed by atoms with van der Waals surface area (Å²) in [6.45, 7) is 6.87. The van der Waals surface area contributed by atoms with Crippen molar-refractivity contribution >= 4 is 5.69 Å². The SMILES string of the molecule is CCCc1nc(C2CCC(C)(C)CC2)ncc1N. The fourth-order valence-corrected chi connectivity index (χ4v) is 2.73. The third-order valence-electron chi connectivity index (χ3n) is 4.11. The molecule has 3 heteroatoms. The van der Waals surface area contributed by atoms with Gasteiger partial charge in [-0.2, -0.15) is 0 Å². The number of hydrogen-bond donors (Lipinski definition) is 1. The van der Waals surface area contributed by atoms with E-state index in [9.17, 15) is 0 Å². The highest BCUT2D eigenvalue weighted by Crippen LogP contribution is 2.41. The summed E-state index contributed by atoms with van der Waals surface area (Å²) in [5.74, 6) is 1.55. The van der Waals surface area contributed by atoms with Crippen LogP contribution in [0.2, 0.25) is 0 Å². The third-order valence-corrected chi connectivity index (χ3v) is 4.11. The monoisotopic (exact) mass is 247 g/mol. The molecule has 1 aromatic rings. The third kappa shape index (κ3) is 3.01. The van der Waals surface area contributed by atoms with Crippen molar-refractivity contribution < 1.29 is 0 Å². The Kier molecular flexibility index (Phi) is 3.88. The van der Waals surface area contributed by atoms with Crippen LogP contribution in [0.1, 0.15) is 70.3 Å². The number of aromatic nitrogens is 2. The average molecular weight is 247 g/mol. The zero-order chi connectivity index (χ0) is 13.2. The molecule has 0 amide bonds. The van der Waals surface area contributed by atoms with E-state index < -0.39 is 0 Å². The lowest BCUT2D eigenvalue weighted by Gasteiger charge is -2.33. The molecular formula is C15H25N3. The minimum atomic E-state index is 0.497. The van der Waals surface area contributed by atoms with Crippen LogP contribution in [0.3, 0.4) is 0 Å². The minimum Gasteiger partial charge on any atom is -0.396 e. The van der Waals surface area contributed by atoms with Crippen molar-refractivity contribution in [2.24, 2.45) is 5.41 Å². The molecule has 1 saturated carbocycles. The summed E-state index contributed by atoms with van der Waals surface area (Å²) in [5, 5.41) is 0. The molecule has 0 atom stereocenters. The van der Waals surface area contributed by atoms with Crippen LogP contribution in [-0.4, -0.2) is 9.97 Å². The van der Waals surface area contributed by atoms with Gasteiger partial charge in [0.2, 0.25) is 0 Å². The van der Waals surface area contributed by atoms with Gasteiger partial charge in [0.15, 0.2) is 0 Å². The highest BCUT2D eigenvalue weighted by molar-refractivity contribution is 5.40. The molecule has 2 rings (SSSR count). The maximum Gasteiger partial charge on any atom is 0.131 e. The van der Waals surface area contributed by atoms with E-state index >= 15 is 0 Å². The first-order valence-corrected chi connectivity index (χ1v) is 7.13. The molecule has 1 heterocycles. The summed E-state index contributed by atoms with van der Waals surface area (Å²) < 4.78 is 0. The van der Waals surface area contributed by atoms with Crippen molar-refractivity contribution in [1.29, 1.82) is 0 Å². The Morgan fingerprint density at radius 3 is 2.61 bits per heavy atom. The lowest BCUT2D eigenvalue weighted by molar-refractivity contribution is 0.220. The molecule has 1 aliphatic carbocycles. The minimum absolute atomic E-state index is 0.497. The Balaban J connectivity index is 2.12.